The van der Waals surface area contributed by atoms with Crippen molar-refractivity contribution in [3.05, 3.63) is 34.9 Å². The summed E-state index contributed by atoms with van der Waals surface area (Å²) in [5.41, 5.74) is 4.04. The molecule has 0 bridgehead atoms. The van der Waals surface area contributed by atoms with Gasteiger partial charge in [0.15, 0.2) is 0 Å². The van der Waals surface area contributed by atoms with E-state index in [-0.39, 0.29) is 0 Å². The summed E-state index contributed by atoms with van der Waals surface area (Å²) in [6.07, 6.45) is 5.44. The van der Waals surface area contributed by atoms with E-state index in [1.165, 1.54) is 42.4 Å². The number of hydrogen-bond donors (Lipinski definition) is 1. The Morgan fingerprint density at radius 3 is 2.50 bits per heavy atom. The summed E-state index contributed by atoms with van der Waals surface area (Å²) in [6.45, 7) is 5.09. The summed E-state index contributed by atoms with van der Waals surface area (Å²) in [5, 5.41) is 3.39. The average Bonchev–Trinajstić information content (AvgIpc) is 2.38. The second-order valence-electron chi connectivity index (χ2n) is 5.40. The number of likely N-dealkylation sites (N-methyl/N-ethyl adjacent to an activating group) is 1. The van der Waals surface area contributed by atoms with Gasteiger partial charge in [-0.1, -0.05) is 31.0 Å². The second kappa shape index (κ2) is 6.35. The van der Waals surface area contributed by atoms with Gasteiger partial charge in [-0.3, -0.25) is 0 Å². The van der Waals surface area contributed by atoms with Crippen LogP contribution in [-0.4, -0.2) is 19.2 Å². The molecular weight excluding hydrogens is 222 g/mol. The highest BCUT2D eigenvalue weighted by molar-refractivity contribution is 5.32. The lowest BCUT2D eigenvalue weighted by atomic mass is 9.92. The van der Waals surface area contributed by atoms with Crippen molar-refractivity contribution in [3.63, 3.8) is 0 Å². The largest absolute Gasteiger partial charge is 0.372 e. The Kier molecular flexibility index (Phi) is 4.79. The van der Waals surface area contributed by atoms with Crippen molar-refractivity contribution in [2.45, 2.75) is 58.3 Å². The van der Waals surface area contributed by atoms with Gasteiger partial charge in [0.1, 0.15) is 0 Å². The van der Waals surface area contributed by atoms with Gasteiger partial charge in [0.05, 0.1) is 12.7 Å². The molecule has 0 spiro atoms. The minimum Gasteiger partial charge on any atom is -0.372 e. The van der Waals surface area contributed by atoms with E-state index in [0.29, 0.717) is 12.1 Å². The minimum absolute atomic E-state index is 0.378. The van der Waals surface area contributed by atoms with Crippen molar-refractivity contribution < 1.29 is 4.74 Å². The van der Waals surface area contributed by atoms with E-state index in [1.54, 1.807) is 0 Å². The molecule has 1 aliphatic rings. The highest BCUT2D eigenvalue weighted by Crippen LogP contribution is 2.23. The number of rotatable bonds is 4. The van der Waals surface area contributed by atoms with E-state index < -0.39 is 0 Å². The number of benzene rings is 1. The SMILES string of the molecule is CNC1CCCCC1OCc1c(C)cccc1C. The highest BCUT2D eigenvalue weighted by atomic mass is 16.5. The molecule has 18 heavy (non-hydrogen) atoms. The maximum Gasteiger partial charge on any atom is 0.0732 e. The highest BCUT2D eigenvalue weighted by Gasteiger charge is 2.24. The van der Waals surface area contributed by atoms with Crippen LogP contribution in [0.25, 0.3) is 0 Å². The third-order valence-corrected chi connectivity index (χ3v) is 4.16. The average molecular weight is 247 g/mol. The molecule has 0 saturated heterocycles. The Hall–Kier alpha value is -0.860. The fraction of sp³-hybridized carbons (Fsp3) is 0.625. The molecule has 1 aromatic rings. The summed E-state index contributed by atoms with van der Waals surface area (Å²) in [7, 11) is 2.05. The van der Waals surface area contributed by atoms with Gasteiger partial charge < -0.3 is 10.1 Å². The van der Waals surface area contributed by atoms with Gasteiger partial charge in [0.25, 0.3) is 0 Å². The van der Waals surface area contributed by atoms with Gasteiger partial charge in [0.2, 0.25) is 0 Å². The Bertz CT molecular complexity index is 368. The van der Waals surface area contributed by atoms with Gasteiger partial charge in [0, 0.05) is 6.04 Å². The number of hydrogen-bond acceptors (Lipinski definition) is 2. The first-order chi connectivity index (χ1) is 8.72. The zero-order valence-corrected chi connectivity index (χ0v) is 11.8. The van der Waals surface area contributed by atoms with Gasteiger partial charge in [-0.25, -0.2) is 0 Å². The van der Waals surface area contributed by atoms with E-state index >= 15 is 0 Å². The van der Waals surface area contributed by atoms with Crippen LogP contribution in [0.2, 0.25) is 0 Å². The molecule has 1 saturated carbocycles. The van der Waals surface area contributed by atoms with E-state index in [0.717, 1.165) is 6.61 Å². The molecule has 0 aromatic heterocycles. The molecule has 0 aliphatic heterocycles. The second-order valence-corrected chi connectivity index (χ2v) is 5.40. The summed E-state index contributed by atoms with van der Waals surface area (Å²) >= 11 is 0. The summed E-state index contributed by atoms with van der Waals surface area (Å²) in [6, 6.07) is 6.98. The van der Waals surface area contributed by atoms with E-state index in [9.17, 15) is 0 Å². The third kappa shape index (κ3) is 3.12. The normalized spacial score (nSPS) is 24.2. The molecule has 1 aromatic carbocycles. The molecule has 100 valence electrons. The molecule has 2 unspecified atom stereocenters. The van der Waals surface area contributed by atoms with Crippen LogP contribution >= 0.6 is 0 Å². The van der Waals surface area contributed by atoms with Crippen molar-refractivity contribution in [2.24, 2.45) is 0 Å². The Morgan fingerprint density at radius 2 is 1.83 bits per heavy atom. The molecule has 1 aliphatic carbocycles. The van der Waals surface area contributed by atoms with Crippen LogP contribution in [0.4, 0.5) is 0 Å². The zero-order chi connectivity index (χ0) is 13.0. The number of aryl methyl sites for hydroxylation is 2. The molecule has 1 fully saturated rings. The molecule has 0 amide bonds. The summed E-state index contributed by atoms with van der Waals surface area (Å²) < 4.78 is 6.17. The molecule has 2 rings (SSSR count). The zero-order valence-electron chi connectivity index (χ0n) is 11.8. The van der Waals surface area contributed by atoms with Crippen LogP contribution in [-0.2, 0) is 11.3 Å². The quantitative estimate of drug-likeness (QED) is 0.881. The van der Waals surface area contributed by atoms with Crippen molar-refractivity contribution in [3.8, 4) is 0 Å². The number of ether oxygens (including phenoxy) is 1. The first kappa shape index (κ1) is 13.6. The predicted molar refractivity (Wildman–Crippen MR) is 75.8 cm³/mol. The molecule has 2 heteroatoms. The topological polar surface area (TPSA) is 21.3 Å². The van der Waals surface area contributed by atoms with Crippen molar-refractivity contribution in [1.82, 2.24) is 5.32 Å². The fourth-order valence-electron chi connectivity index (χ4n) is 2.89. The summed E-state index contributed by atoms with van der Waals surface area (Å²) in [5.74, 6) is 0. The fourth-order valence-corrected chi connectivity index (χ4v) is 2.89. The first-order valence-electron chi connectivity index (χ1n) is 7.06. The van der Waals surface area contributed by atoms with Gasteiger partial charge >= 0.3 is 0 Å². The summed E-state index contributed by atoms with van der Waals surface area (Å²) in [4.78, 5) is 0. The van der Waals surface area contributed by atoms with Crippen molar-refractivity contribution in [1.29, 1.82) is 0 Å². The number of nitrogens with one attached hydrogen (secondary N) is 1. The lowest BCUT2D eigenvalue weighted by molar-refractivity contribution is -0.00399. The smallest absolute Gasteiger partial charge is 0.0732 e. The molecule has 2 nitrogen and oxygen atoms in total. The predicted octanol–water partition coefficient (Wildman–Crippen LogP) is 3.35. The Labute approximate surface area is 111 Å². The molecule has 1 N–H and O–H groups in total. The standard InChI is InChI=1S/C16H25NO/c1-12-7-6-8-13(2)14(12)11-18-16-10-5-4-9-15(16)17-3/h6-8,15-17H,4-5,9-11H2,1-3H3. The van der Waals surface area contributed by atoms with Gasteiger partial charge in [-0.15, -0.1) is 0 Å². The van der Waals surface area contributed by atoms with E-state index in [4.69, 9.17) is 4.74 Å². The Morgan fingerprint density at radius 1 is 1.17 bits per heavy atom. The van der Waals surface area contributed by atoms with Crippen molar-refractivity contribution in [2.75, 3.05) is 7.05 Å². The van der Waals surface area contributed by atoms with E-state index in [1.807, 2.05) is 7.05 Å². The first-order valence-corrected chi connectivity index (χ1v) is 7.06. The Balaban J connectivity index is 1.98. The maximum absolute atomic E-state index is 6.17. The van der Waals surface area contributed by atoms with Crippen LogP contribution in [0, 0.1) is 13.8 Å². The van der Waals surface area contributed by atoms with Gasteiger partial charge in [-0.2, -0.15) is 0 Å². The monoisotopic (exact) mass is 247 g/mol. The van der Waals surface area contributed by atoms with Crippen LogP contribution in [0.1, 0.15) is 42.4 Å². The van der Waals surface area contributed by atoms with Crippen LogP contribution in [0.5, 0.6) is 0 Å². The molecular formula is C16H25NO. The minimum atomic E-state index is 0.378. The van der Waals surface area contributed by atoms with E-state index in [2.05, 4.69) is 37.4 Å². The third-order valence-electron chi connectivity index (χ3n) is 4.16. The van der Waals surface area contributed by atoms with Crippen molar-refractivity contribution >= 4 is 0 Å². The van der Waals surface area contributed by atoms with Gasteiger partial charge in [-0.05, 0) is 50.4 Å². The molecule has 0 radical (unpaired) electrons. The molecule has 0 heterocycles. The van der Waals surface area contributed by atoms with Crippen LogP contribution < -0.4 is 5.32 Å². The van der Waals surface area contributed by atoms with Crippen LogP contribution in [0.15, 0.2) is 18.2 Å². The maximum atomic E-state index is 6.17. The molecule has 2 atom stereocenters. The van der Waals surface area contributed by atoms with Crippen LogP contribution in [0.3, 0.4) is 0 Å². The lowest BCUT2D eigenvalue weighted by Crippen LogP contribution is -2.41. The lowest BCUT2D eigenvalue weighted by Gasteiger charge is -2.31.